The van der Waals surface area contributed by atoms with Gasteiger partial charge in [-0.25, -0.2) is 9.37 Å². The molecule has 9 heteroatoms. The lowest BCUT2D eigenvalue weighted by molar-refractivity contribution is -0.118. The van der Waals surface area contributed by atoms with E-state index in [-0.39, 0.29) is 12.2 Å². The lowest BCUT2D eigenvalue weighted by atomic mass is 10.2. The molecular formula is C29H20FIN4O3. The van der Waals surface area contributed by atoms with Crippen molar-refractivity contribution in [3.63, 3.8) is 0 Å². The van der Waals surface area contributed by atoms with E-state index in [9.17, 15) is 14.0 Å². The van der Waals surface area contributed by atoms with Gasteiger partial charge in [-0.2, -0.15) is 9.78 Å². The standard InChI is InChI=1S/C29H20FIN4O3/c30-21-9-6-10-22(16-21)33-27(36)18-38-26-14-13-19(15-24(26)31)17-32-35-28(20-7-2-1-3-8-20)34-25-12-5-4-11-23(25)29(35)37/h1-17H,18H2,(H,33,36). The predicted molar refractivity (Wildman–Crippen MR) is 154 cm³/mol. The highest BCUT2D eigenvalue weighted by molar-refractivity contribution is 14.1. The van der Waals surface area contributed by atoms with Crippen molar-refractivity contribution < 1.29 is 13.9 Å². The second kappa shape index (κ2) is 11.3. The number of nitrogens with one attached hydrogen (secondary N) is 1. The number of carbonyl (C=O) groups is 1. The molecule has 1 N–H and O–H groups in total. The predicted octanol–water partition coefficient (Wildman–Crippen LogP) is 5.71. The van der Waals surface area contributed by atoms with E-state index in [0.717, 1.165) is 14.7 Å². The fraction of sp³-hybridized carbons (Fsp3) is 0.0345. The summed E-state index contributed by atoms with van der Waals surface area (Å²) < 4.78 is 21.0. The number of ether oxygens (including phenoxy) is 1. The smallest absolute Gasteiger partial charge is 0.282 e. The van der Waals surface area contributed by atoms with Gasteiger partial charge in [-0.3, -0.25) is 9.59 Å². The summed E-state index contributed by atoms with van der Waals surface area (Å²) in [6, 6.07) is 27.5. The van der Waals surface area contributed by atoms with Crippen molar-refractivity contribution in [3.8, 4) is 17.1 Å². The number of hydrogen-bond donors (Lipinski definition) is 1. The van der Waals surface area contributed by atoms with E-state index in [1.807, 2.05) is 42.5 Å². The maximum Gasteiger partial charge on any atom is 0.282 e. The molecule has 188 valence electrons. The molecule has 5 rings (SSSR count). The Balaban J connectivity index is 1.36. The number of para-hydroxylation sites is 1. The van der Waals surface area contributed by atoms with Crippen molar-refractivity contribution in [3.05, 3.63) is 122 Å². The van der Waals surface area contributed by atoms with E-state index in [0.29, 0.717) is 28.2 Å². The Labute approximate surface area is 230 Å². The van der Waals surface area contributed by atoms with Crippen molar-refractivity contribution in [2.24, 2.45) is 5.10 Å². The zero-order valence-corrected chi connectivity index (χ0v) is 22.0. The first-order valence-corrected chi connectivity index (χ1v) is 12.7. The average molecular weight is 618 g/mol. The van der Waals surface area contributed by atoms with Gasteiger partial charge in [-0.15, -0.1) is 0 Å². The maximum atomic E-state index is 13.3. The highest BCUT2D eigenvalue weighted by Crippen LogP contribution is 2.22. The number of benzene rings is 4. The second-order valence-corrected chi connectivity index (χ2v) is 9.38. The summed E-state index contributed by atoms with van der Waals surface area (Å²) in [6.45, 7) is -0.238. The summed E-state index contributed by atoms with van der Waals surface area (Å²) in [5.41, 5.74) is 2.17. The normalized spacial score (nSPS) is 11.1. The second-order valence-electron chi connectivity index (χ2n) is 8.22. The molecule has 0 bridgehead atoms. The Morgan fingerprint density at radius 1 is 1.00 bits per heavy atom. The third kappa shape index (κ3) is 5.78. The molecule has 1 amide bonds. The van der Waals surface area contributed by atoms with Gasteiger partial charge in [-0.1, -0.05) is 48.5 Å². The van der Waals surface area contributed by atoms with Crippen LogP contribution in [0.2, 0.25) is 0 Å². The van der Waals surface area contributed by atoms with Crippen LogP contribution in [0.4, 0.5) is 10.1 Å². The number of anilines is 1. The molecule has 0 aliphatic carbocycles. The molecule has 4 aromatic carbocycles. The van der Waals surface area contributed by atoms with Gasteiger partial charge in [0.15, 0.2) is 12.4 Å². The summed E-state index contributed by atoms with van der Waals surface area (Å²) in [7, 11) is 0. The first kappa shape index (κ1) is 25.3. The zero-order valence-electron chi connectivity index (χ0n) is 19.8. The molecule has 0 spiro atoms. The minimum Gasteiger partial charge on any atom is -0.483 e. The van der Waals surface area contributed by atoms with E-state index >= 15 is 0 Å². The molecule has 5 aromatic rings. The molecule has 0 atom stereocenters. The van der Waals surface area contributed by atoms with Crippen molar-refractivity contribution in [2.75, 3.05) is 11.9 Å². The van der Waals surface area contributed by atoms with Gasteiger partial charge in [0, 0.05) is 11.3 Å². The third-order valence-electron chi connectivity index (χ3n) is 5.53. The topological polar surface area (TPSA) is 85.6 Å². The maximum absolute atomic E-state index is 13.3. The Morgan fingerprint density at radius 3 is 2.58 bits per heavy atom. The molecule has 0 unspecified atom stereocenters. The van der Waals surface area contributed by atoms with Crippen LogP contribution in [0.25, 0.3) is 22.3 Å². The molecule has 0 saturated heterocycles. The summed E-state index contributed by atoms with van der Waals surface area (Å²) in [4.78, 5) is 30.2. The van der Waals surface area contributed by atoms with Crippen molar-refractivity contribution >= 4 is 51.3 Å². The van der Waals surface area contributed by atoms with Crippen molar-refractivity contribution in [1.29, 1.82) is 0 Å². The van der Waals surface area contributed by atoms with Gasteiger partial charge in [0.05, 0.1) is 20.7 Å². The lowest BCUT2D eigenvalue weighted by Gasteiger charge is -2.10. The van der Waals surface area contributed by atoms with Crippen LogP contribution < -0.4 is 15.6 Å². The first-order valence-electron chi connectivity index (χ1n) is 11.6. The SMILES string of the molecule is O=C(COc1ccc(C=Nn2c(-c3ccccc3)nc3ccccc3c2=O)cc1I)Nc1cccc(F)c1. The van der Waals surface area contributed by atoms with Crippen LogP contribution in [0.15, 0.2) is 107 Å². The minimum absolute atomic E-state index is 0.238. The van der Waals surface area contributed by atoms with E-state index in [2.05, 4.69) is 33.0 Å². The summed E-state index contributed by atoms with van der Waals surface area (Å²) in [5.74, 6) is 0.0953. The molecule has 38 heavy (non-hydrogen) atoms. The van der Waals surface area contributed by atoms with Crippen LogP contribution in [0.5, 0.6) is 5.75 Å². The van der Waals surface area contributed by atoms with Crippen LogP contribution >= 0.6 is 22.6 Å². The van der Waals surface area contributed by atoms with Crippen molar-refractivity contribution in [1.82, 2.24) is 9.66 Å². The zero-order chi connectivity index (χ0) is 26.5. The summed E-state index contributed by atoms with van der Waals surface area (Å²) in [5, 5.41) is 7.54. The van der Waals surface area contributed by atoms with E-state index in [1.54, 1.807) is 42.6 Å². The molecule has 1 aromatic heterocycles. The quantitative estimate of drug-likeness (QED) is 0.187. The third-order valence-corrected chi connectivity index (χ3v) is 6.37. The molecule has 0 aliphatic heterocycles. The van der Waals surface area contributed by atoms with Crippen LogP contribution in [0, 0.1) is 9.39 Å². The first-order chi connectivity index (χ1) is 18.5. The molecule has 1 heterocycles. The van der Waals surface area contributed by atoms with Gasteiger partial charge in [0.25, 0.3) is 11.5 Å². The van der Waals surface area contributed by atoms with Crippen molar-refractivity contribution in [2.45, 2.75) is 0 Å². The van der Waals surface area contributed by atoms with E-state index < -0.39 is 11.7 Å². The highest BCUT2D eigenvalue weighted by atomic mass is 127. The molecular weight excluding hydrogens is 598 g/mol. The van der Waals surface area contributed by atoms with Gasteiger partial charge < -0.3 is 10.1 Å². The number of rotatable bonds is 7. The monoisotopic (exact) mass is 618 g/mol. The molecule has 0 fully saturated rings. The summed E-state index contributed by atoms with van der Waals surface area (Å²) in [6.07, 6.45) is 1.58. The van der Waals surface area contributed by atoms with E-state index in [1.165, 1.54) is 22.9 Å². The summed E-state index contributed by atoms with van der Waals surface area (Å²) >= 11 is 2.10. The number of fused-ring (bicyclic) bond motifs is 1. The molecule has 0 radical (unpaired) electrons. The van der Waals surface area contributed by atoms with Crippen LogP contribution in [0.1, 0.15) is 5.56 Å². The lowest BCUT2D eigenvalue weighted by Crippen LogP contribution is -2.20. The van der Waals surface area contributed by atoms with E-state index in [4.69, 9.17) is 9.72 Å². The highest BCUT2D eigenvalue weighted by Gasteiger charge is 2.12. The van der Waals surface area contributed by atoms with Gasteiger partial charge >= 0.3 is 0 Å². The van der Waals surface area contributed by atoms with Gasteiger partial charge in [0.2, 0.25) is 0 Å². The molecule has 0 saturated carbocycles. The minimum atomic E-state index is -0.437. The average Bonchev–Trinajstić information content (AvgIpc) is 2.92. The van der Waals surface area contributed by atoms with Gasteiger partial charge in [0.1, 0.15) is 11.6 Å². The fourth-order valence-corrected chi connectivity index (χ4v) is 4.45. The molecule has 0 aliphatic rings. The van der Waals surface area contributed by atoms with Crippen LogP contribution in [-0.4, -0.2) is 28.4 Å². The Bertz CT molecular complexity index is 1720. The number of hydrogen-bond acceptors (Lipinski definition) is 5. The van der Waals surface area contributed by atoms with Gasteiger partial charge in [-0.05, 0) is 76.7 Å². The number of nitrogens with zero attached hydrogens (tertiary/aromatic N) is 3. The Morgan fingerprint density at radius 2 is 1.79 bits per heavy atom. The molecule has 7 nitrogen and oxygen atoms in total. The largest absolute Gasteiger partial charge is 0.483 e. The Hall–Kier alpha value is -4.38. The van der Waals surface area contributed by atoms with Crippen LogP contribution in [0.3, 0.4) is 0 Å². The fourth-order valence-electron chi connectivity index (χ4n) is 3.75. The number of aromatic nitrogens is 2. The number of halogens is 2. The number of carbonyl (C=O) groups excluding carboxylic acids is 1. The Kier molecular flexibility index (Phi) is 7.55. The number of amides is 1. The van der Waals surface area contributed by atoms with Crippen LogP contribution in [-0.2, 0) is 4.79 Å².